The highest BCUT2D eigenvalue weighted by Crippen LogP contribution is 2.46. The highest BCUT2D eigenvalue weighted by molar-refractivity contribution is 6.65. The first-order valence-corrected chi connectivity index (χ1v) is 11.0. The van der Waals surface area contributed by atoms with E-state index in [0.717, 1.165) is 0 Å². The van der Waals surface area contributed by atoms with Crippen molar-refractivity contribution in [2.24, 2.45) is 5.92 Å². The van der Waals surface area contributed by atoms with Gasteiger partial charge in [-0.05, 0) is 35.3 Å². The van der Waals surface area contributed by atoms with Crippen molar-refractivity contribution in [2.45, 2.75) is 43.7 Å². The molecule has 5 rings (SSSR count). The molecule has 1 saturated carbocycles. The Morgan fingerprint density at radius 1 is 0.690 bits per heavy atom. The maximum Gasteiger partial charge on any atom is 0.417 e. The van der Waals surface area contributed by atoms with E-state index in [2.05, 4.69) is 96.2 Å². The van der Waals surface area contributed by atoms with E-state index in [4.69, 9.17) is 4.65 Å². The van der Waals surface area contributed by atoms with Gasteiger partial charge in [-0.1, -0.05) is 110 Å². The molecule has 146 valence electrons. The molecule has 0 aromatic heterocycles. The molecule has 3 heteroatoms. The SMILES string of the molecule is c1ccc(B2N[C@H](C3CCCCC3)C(c3ccccc3)(c3ccccc3)O2)cc1. The summed E-state index contributed by atoms with van der Waals surface area (Å²) in [6, 6.07) is 32.5. The van der Waals surface area contributed by atoms with Crippen molar-refractivity contribution in [3.05, 3.63) is 102 Å². The monoisotopic (exact) mass is 381 g/mol. The molecule has 2 fully saturated rings. The molecular weight excluding hydrogens is 353 g/mol. The molecule has 3 aromatic rings. The number of nitrogens with one attached hydrogen (secondary N) is 1. The van der Waals surface area contributed by atoms with E-state index in [1.807, 2.05) is 0 Å². The van der Waals surface area contributed by atoms with Crippen LogP contribution in [-0.2, 0) is 10.3 Å². The summed E-state index contributed by atoms with van der Waals surface area (Å²) < 4.78 is 7.06. The van der Waals surface area contributed by atoms with Crippen LogP contribution < -0.4 is 10.7 Å². The fourth-order valence-corrected chi connectivity index (χ4v) is 5.33. The van der Waals surface area contributed by atoms with Crippen LogP contribution in [0.2, 0.25) is 0 Å². The van der Waals surface area contributed by atoms with Crippen LogP contribution in [0.25, 0.3) is 0 Å². The molecule has 0 amide bonds. The van der Waals surface area contributed by atoms with E-state index in [-0.39, 0.29) is 13.1 Å². The molecule has 0 unspecified atom stereocenters. The predicted molar refractivity (Wildman–Crippen MR) is 120 cm³/mol. The minimum atomic E-state index is -0.481. The molecule has 0 bridgehead atoms. The molecule has 1 heterocycles. The fourth-order valence-electron chi connectivity index (χ4n) is 5.33. The molecule has 1 aliphatic carbocycles. The predicted octanol–water partition coefficient (Wildman–Crippen LogP) is 4.89. The Morgan fingerprint density at radius 2 is 1.21 bits per heavy atom. The number of hydrogen-bond acceptors (Lipinski definition) is 2. The Balaban J connectivity index is 1.66. The lowest BCUT2D eigenvalue weighted by atomic mass is 9.70. The topological polar surface area (TPSA) is 21.3 Å². The minimum absolute atomic E-state index is 0.108. The van der Waals surface area contributed by atoms with Gasteiger partial charge in [0.05, 0.1) is 0 Å². The lowest BCUT2D eigenvalue weighted by Crippen LogP contribution is -2.49. The zero-order chi connectivity index (χ0) is 19.5. The van der Waals surface area contributed by atoms with Gasteiger partial charge in [0, 0.05) is 6.04 Å². The van der Waals surface area contributed by atoms with E-state index in [0.29, 0.717) is 5.92 Å². The zero-order valence-corrected chi connectivity index (χ0v) is 16.8. The Morgan fingerprint density at radius 3 is 1.76 bits per heavy atom. The summed E-state index contributed by atoms with van der Waals surface area (Å²) in [5.41, 5.74) is 3.20. The highest BCUT2D eigenvalue weighted by atomic mass is 16.5. The lowest BCUT2D eigenvalue weighted by molar-refractivity contribution is 0.0783. The van der Waals surface area contributed by atoms with E-state index >= 15 is 0 Å². The van der Waals surface area contributed by atoms with Gasteiger partial charge in [0.15, 0.2) is 0 Å². The highest BCUT2D eigenvalue weighted by Gasteiger charge is 2.55. The number of rotatable bonds is 4. The standard InChI is InChI=1S/C26H28BNO/c1-5-13-21(14-6-1)25-26(22-15-7-2-8-16-22,23-17-9-3-10-18-23)29-27(28-25)24-19-11-4-12-20-24/h2-4,7-12,15-21,25,28H,1,5-6,13-14H2/t25-/m1/s1. The van der Waals surface area contributed by atoms with Crippen molar-refractivity contribution < 1.29 is 4.65 Å². The van der Waals surface area contributed by atoms with Crippen LogP contribution in [0.4, 0.5) is 0 Å². The minimum Gasteiger partial charge on any atom is -0.402 e. The number of benzene rings is 3. The van der Waals surface area contributed by atoms with Gasteiger partial charge >= 0.3 is 7.05 Å². The third-order valence-electron chi connectivity index (χ3n) is 6.70. The van der Waals surface area contributed by atoms with Crippen LogP contribution in [0.5, 0.6) is 0 Å². The largest absolute Gasteiger partial charge is 0.417 e. The summed E-state index contributed by atoms with van der Waals surface area (Å²) in [6.07, 6.45) is 6.53. The van der Waals surface area contributed by atoms with Crippen LogP contribution in [-0.4, -0.2) is 13.1 Å². The normalized spacial score (nSPS) is 21.9. The Hall–Kier alpha value is -2.36. The van der Waals surface area contributed by atoms with E-state index in [1.54, 1.807) is 0 Å². The summed E-state index contributed by atoms with van der Waals surface area (Å²) >= 11 is 0. The van der Waals surface area contributed by atoms with Gasteiger partial charge in [0.2, 0.25) is 0 Å². The molecule has 2 aliphatic rings. The zero-order valence-electron chi connectivity index (χ0n) is 16.8. The molecular formula is C26H28BNO. The maximum absolute atomic E-state index is 7.06. The van der Waals surface area contributed by atoms with Crippen LogP contribution in [0.1, 0.15) is 43.2 Å². The van der Waals surface area contributed by atoms with Gasteiger partial charge < -0.3 is 9.88 Å². The summed E-state index contributed by atoms with van der Waals surface area (Å²) in [6.45, 7) is 0. The average Bonchev–Trinajstić information content (AvgIpc) is 3.23. The Kier molecular flexibility index (Phi) is 5.26. The first-order chi connectivity index (χ1) is 14.4. The Labute approximate surface area is 174 Å². The molecule has 1 aliphatic heterocycles. The van der Waals surface area contributed by atoms with Crippen LogP contribution in [0.3, 0.4) is 0 Å². The third-order valence-corrected chi connectivity index (χ3v) is 6.70. The quantitative estimate of drug-likeness (QED) is 0.650. The molecule has 29 heavy (non-hydrogen) atoms. The summed E-state index contributed by atoms with van der Waals surface area (Å²) in [4.78, 5) is 0. The smallest absolute Gasteiger partial charge is 0.402 e. The van der Waals surface area contributed by atoms with Gasteiger partial charge in [0.25, 0.3) is 0 Å². The second kappa shape index (κ2) is 8.18. The van der Waals surface area contributed by atoms with Crippen molar-refractivity contribution in [3.8, 4) is 0 Å². The van der Waals surface area contributed by atoms with Gasteiger partial charge in [-0.25, -0.2) is 0 Å². The molecule has 1 saturated heterocycles. The molecule has 1 atom stereocenters. The third kappa shape index (κ3) is 3.43. The van der Waals surface area contributed by atoms with Crippen molar-refractivity contribution in [2.75, 3.05) is 0 Å². The second-order valence-corrected chi connectivity index (χ2v) is 8.42. The lowest BCUT2D eigenvalue weighted by Gasteiger charge is -2.41. The van der Waals surface area contributed by atoms with Gasteiger partial charge in [-0.2, -0.15) is 0 Å². The molecule has 0 spiro atoms. The Bertz CT molecular complexity index is 870. The van der Waals surface area contributed by atoms with Crippen molar-refractivity contribution in [1.29, 1.82) is 0 Å². The van der Waals surface area contributed by atoms with E-state index in [9.17, 15) is 0 Å². The first-order valence-electron chi connectivity index (χ1n) is 11.0. The molecule has 1 N–H and O–H groups in total. The second-order valence-electron chi connectivity index (χ2n) is 8.42. The summed E-state index contributed by atoms with van der Waals surface area (Å²) in [5.74, 6) is 0.609. The average molecular weight is 381 g/mol. The van der Waals surface area contributed by atoms with E-state index in [1.165, 1.54) is 48.7 Å². The molecule has 0 radical (unpaired) electrons. The van der Waals surface area contributed by atoms with Crippen LogP contribution >= 0.6 is 0 Å². The summed E-state index contributed by atoms with van der Waals surface area (Å²) in [5, 5.41) is 3.94. The van der Waals surface area contributed by atoms with Crippen molar-refractivity contribution >= 4 is 12.5 Å². The fraction of sp³-hybridized carbons (Fsp3) is 0.308. The molecule has 3 aromatic carbocycles. The number of hydrogen-bond donors (Lipinski definition) is 1. The van der Waals surface area contributed by atoms with Gasteiger partial charge in [-0.15, -0.1) is 0 Å². The van der Waals surface area contributed by atoms with Gasteiger partial charge in [0.1, 0.15) is 5.60 Å². The van der Waals surface area contributed by atoms with E-state index < -0.39 is 5.60 Å². The van der Waals surface area contributed by atoms with Crippen molar-refractivity contribution in [3.63, 3.8) is 0 Å². The molecule has 2 nitrogen and oxygen atoms in total. The summed E-state index contributed by atoms with van der Waals surface area (Å²) in [7, 11) is -0.108. The maximum atomic E-state index is 7.06. The van der Waals surface area contributed by atoms with Crippen LogP contribution in [0, 0.1) is 5.92 Å². The van der Waals surface area contributed by atoms with Crippen LogP contribution in [0.15, 0.2) is 91.0 Å². The first kappa shape index (κ1) is 18.7. The van der Waals surface area contributed by atoms with Crippen molar-refractivity contribution in [1.82, 2.24) is 5.23 Å². The van der Waals surface area contributed by atoms with Gasteiger partial charge in [-0.3, -0.25) is 0 Å².